The third-order valence-corrected chi connectivity index (χ3v) is 5.25. The summed E-state index contributed by atoms with van der Waals surface area (Å²) >= 11 is 2.16. The lowest BCUT2D eigenvalue weighted by molar-refractivity contribution is 0.494. The van der Waals surface area contributed by atoms with Crippen LogP contribution in [0.25, 0.3) is 0 Å². The predicted octanol–water partition coefficient (Wildman–Crippen LogP) is 3.41. The van der Waals surface area contributed by atoms with Gasteiger partial charge in [0, 0.05) is 11.3 Å². The van der Waals surface area contributed by atoms with Crippen LogP contribution in [0.1, 0.15) is 30.4 Å². The molecule has 2 unspecified atom stereocenters. The summed E-state index contributed by atoms with van der Waals surface area (Å²) in [5.41, 5.74) is 2.92. The molecule has 0 radical (unpaired) electrons. The zero-order chi connectivity index (χ0) is 12.1. The normalized spacial score (nSPS) is 22.4. The Labute approximate surface area is 109 Å². The van der Waals surface area contributed by atoms with Crippen molar-refractivity contribution in [2.45, 2.75) is 43.9 Å². The molecule has 1 N–H and O–H groups in total. The van der Waals surface area contributed by atoms with Gasteiger partial charge in [0.25, 0.3) is 0 Å². The van der Waals surface area contributed by atoms with Crippen molar-refractivity contribution in [2.24, 2.45) is 0 Å². The van der Waals surface area contributed by atoms with Crippen LogP contribution >= 0.6 is 11.8 Å². The zero-order valence-electron chi connectivity index (χ0n) is 10.9. The average Bonchev–Trinajstić information content (AvgIpc) is 2.39. The van der Waals surface area contributed by atoms with Gasteiger partial charge in [-0.05, 0) is 50.1 Å². The molecule has 17 heavy (non-hydrogen) atoms. The molecule has 1 heterocycles. The van der Waals surface area contributed by atoms with Gasteiger partial charge in [-0.2, -0.15) is 11.8 Å². The van der Waals surface area contributed by atoms with Gasteiger partial charge in [0.1, 0.15) is 0 Å². The van der Waals surface area contributed by atoms with E-state index in [2.05, 4.69) is 55.3 Å². The monoisotopic (exact) mass is 249 g/mol. The minimum atomic E-state index is 0.626. The highest BCUT2D eigenvalue weighted by atomic mass is 32.2. The van der Waals surface area contributed by atoms with Crippen LogP contribution in [0.5, 0.6) is 0 Å². The van der Waals surface area contributed by atoms with Gasteiger partial charge in [0.2, 0.25) is 0 Å². The molecule has 0 aromatic heterocycles. The van der Waals surface area contributed by atoms with E-state index in [9.17, 15) is 0 Å². The molecule has 2 atom stereocenters. The summed E-state index contributed by atoms with van der Waals surface area (Å²) < 4.78 is 0. The Hall–Kier alpha value is -0.470. The molecule has 1 aliphatic rings. The first-order valence-corrected chi connectivity index (χ1v) is 7.69. The fourth-order valence-electron chi connectivity index (χ4n) is 2.58. The van der Waals surface area contributed by atoms with Gasteiger partial charge in [-0.25, -0.2) is 0 Å². The summed E-state index contributed by atoms with van der Waals surface area (Å²) in [6.45, 7) is 2.22. The second-order valence-electron chi connectivity index (χ2n) is 4.93. The lowest BCUT2D eigenvalue weighted by Crippen LogP contribution is -2.39. The van der Waals surface area contributed by atoms with E-state index in [4.69, 9.17) is 0 Å². The molecule has 1 fully saturated rings. The number of hydrogen-bond acceptors (Lipinski definition) is 2. The molecule has 0 saturated carbocycles. The van der Waals surface area contributed by atoms with Crippen molar-refractivity contribution >= 4 is 11.8 Å². The highest BCUT2D eigenvalue weighted by Gasteiger charge is 2.23. The number of rotatable bonds is 4. The van der Waals surface area contributed by atoms with Gasteiger partial charge in [-0.1, -0.05) is 30.7 Å². The highest BCUT2D eigenvalue weighted by molar-refractivity contribution is 8.00. The fraction of sp³-hybridized carbons (Fsp3) is 0.600. The Kier molecular flexibility index (Phi) is 4.93. The summed E-state index contributed by atoms with van der Waals surface area (Å²) in [5, 5.41) is 4.33. The first-order chi connectivity index (χ1) is 8.31. The molecule has 1 aromatic rings. The van der Waals surface area contributed by atoms with Crippen molar-refractivity contribution in [3.63, 3.8) is 0 Å². The first kappa shape index (κ1) is 13.0. The third kappa shape index (κ3) is 3.49. The van der Waals surface area contributed by atoms with Crippen molar-refractivity contribution in [1.29, 1.82) is 0 Å². The zero-order valence-corrected chi connectivity index (χ0v) is 11.7. The highest BCUT2D eigenvalue weighted by Crippen LogP contribution is 2.29. The lowest BCUT2D eigenvalue weighted by Gasteiger charge is -2.30. The maximum absolute atomic E-state index is 3.53. The SMILES string of the molecule is CNC(Cc1ccccc1C)C1CCCCS1. The lowest BCUT2D eigenvalue weighted by atomic mass is 9.97. The quantitative estimate of drug-likeness (QED) is 0.877. The van der Waals surface area contributed by atoms with E-state index in [0.717, 1.165) is 5.25 Å². The van der Waals surface area contributed by atoms with Crippen LogP contribution in [0.15, 0.2) is 24.3 Å². The Morgan fingerprint density at radius 2 is 2.18 bits per heavy atom. The smallest absolute Gasteiger partial charge is 0.0224 e. The molecule has 1 aromatic carbocycles. The average molecular weight is 249 g/mol. The Morgan fingerprint density at radius 1 is 1.35 bits per heavy atom. The molecule has 1 saturated heterocycles. The maximum Gasteiger partial charge on any atom is 0.0224 e. The number of hydrogen-bond donors (Lipinski definition) is 1. The van der Waals surface area contributed by atoms with Crippen molar-refractivity contribution in [1.82, 2.24) is 5.32 Å². The van der Waals surface area contributed by atoms with Gasteiger partial charge in [-0.15, -0.1) is 0 Å². The number of nitrogens with one attached hydrogen (secondary N) is 1. The summed E-state index contributed by atoms with van der Waals surface area (Å²) in [7, 11) is 2.11. The minimum Gasteiger partial charge on any atom is -0.316 e. The van der Waals surface area contributed by atoms with Gasteiger partial charge in [-0.3, -0.25) is 0 Å². The molecule has 0 spiro atoms. The molecule has 0 aliphatic carbocycles. The van der Waals surface area contributed by atoms with E-state index >= 15 is 0 Å². The van der Waals surface area contributed by atoms with Crippen molar-refractivity contribution in [3.8, 4) is 0 Å². The van der Waals surface area contributed by atoms with E-state index in [0.29, 0.717) is 6.04 Å². The third-order valence-electron chi connectivity index (χ3n) is 3.74. The van der Waals surface area contributed by atoms with E-state index in [1.165, 1.54) is 42.6 Å². The van der Waals surface area contributed by atoms with Gasteiger partial charge < -0.3 is 5.32 Å². The maximum atomic E-state index is 3.53. The van der Waals surface area contributed by atoms with E-state index in [1.54, 1.807) is 0 Å². The van der Waals surface area contributed by atoms with Crippen molar-refractivity contribution in [2.75, 3.05) is 12.8 Å². The predicted molar refractivity (Wildman–Crippen MR) is 77.8 cm³/mol. The molecule has 94 valence electrons. The van der Waals surface area contributed by atoms with Crippen LogP contribution in [0.2, 0.25) is 0 Å². The molecular formula is C15H23NS. The second kappa shape index (κ2) is 6.46. The van der Waals surface area contributed by atoms with Gasteiger partial charge in [0.15, 0.2) is 0 Å². The summed E-state index contributed by atoms with van der Waals surface area (Å²) in [6.07, 6.45) is 5.36. The Balaban J connectivity index is 2.01. The Morgan fingerprint density at radius 3 is 2.82 bits per heavy atom. The molecule has 0 bridgehead atoms. The molecule has 2 heteroatoms. The van der Waals surface area contributed by atoms with Crippen LogP contribution < -0.4 is 5.32 Å². The largest absolute Gasteiger partial charge is 0.316 e. The van der Waals surface area contributed by atoms with Crippen molar-refractivity contribution in [3.05, 3.63) is 35.4 Å². The topological polar surface area (TPSA) is 12.0 Å². The summed E-state index contributed by atoms with van der Waals surface area (Å²) in [6, 6.07) is 9.40. The summed E-state index contributed by atoms with van der Waals surface area (Å²) in [5.74, 6) is 1.34. The molecule has 1 nitrogen and oxygen atoms in total. The number of benzene rings is 1. The van der Waals surface area contributed by atoms with Crippen LogP contribution in [0.4, 0.5) is 0 Å². The minimum absolute atomic E-state index is 0.626. The Bertz CT molecular complexity index is 345. The fourth-order valence-corrected chi connectivity index (χ4v) is 4.05. The van der Waals surface area contributed by atoms with E-state index in [-0.39, 0.29) is 0 Å². The van der Waals surface area contributed by atoms with Crippen LogP contribution in [-0.2, 0) is 6.42 Å². The van der Waals surface area contributed by atoms with Crippen molar-refractivity contribution < 1.29 is 0 Å². The second-order valence-corrected chi connectivity index (χ2v) is 6.28. The van der Waals surface area contributed by atoms with Crippen LogP contribution in [0, 0.1) is 6.92 Å². The first-order valence-electron chi connectivity index (χ1n) is 6.64. The van der Waals surface area contributed by atoms with Crippen LogP contribution in [0.3, 0.4) is 0 Å². The van der Waals surface area contributed by atoms with Gasteiger partial charge >= 0.3 is 0 Å². The van der Waals surface area contributed by atoms with E-state index < -0.39 is 0 Å². The van der Waals surface area contributed by atoms with Crippen LogP contribution in [-0.4, -0.2) is 24.1 Å². The van der Waals surface area contributed by atoms with Gasteiger partial charge in [0.05, 0.1) is 0 Å². The standard InChI is InChI=1S/C15H23NS/c1-12-7-3-4-8-13(12)11-14(16-2)15-9-5-6-10-17-15/h3-4,7-8,14-16H,5-6,9-11H2,1-2H3. The molecule has 1 aliphatic heterocycles. The molecule has 0 amide bonds. The molecule has 2 rings (SSSR count). The number of likely N-dealkylation sites (N-methyl/N-ethyl adjacent to an activating group) is 1. The summed E-state index contributed by atoms with van der Waals surface area (Å²) in [4.78, 5) is 0. The number of thioether (sulfide) groups is 1. The molecular weight excluding hydrogens is 226 g/mol. The number of aryl methyl sites for hydroxylation is 1. The van der Waals surface area contributed by atoms with E-state index in [1.807, 2.05) is 0 Å².